The maximum atomic E-state index is 6.18. The molecule has 0 saturated carbocycles. The Bertz CT molecular complexity index is 713. The molecule has 1 aliphatic carbocycles. The number of hydrogen-bond acceptors (Lipinski definition) is 3. The summed E-state index contributed by atoms with van der Waals surface area (Å²) in [5, 5.41) is 0.720. The first-order valence-corrected chi connectivity index (χ1v) is 7.48. The van der Waals surface area contributed by atoms with Crippen molar-refractivity contribution in [3.8, 4) is 0 Å². The highest BCUT2D eigenvalue weighted by Crippen LogP contribution is 2.40. The predicted octanol–water partition coefficient (Wildman–Crippen LogP) is 3.01. The van der Waals surface area contributed by atoms with E-state index in [4.69, 9.17) is 17.3 Å². The Kier molecular flexibility index (Phi) is 2.73. The summed E-state index contributed by atoms with van der Waals surface area (Å²) in [6.07, 6.45) is 1.94. The fourth-order valence-electron chi connectivity index (χ4n) is 3.58. The summed E-state index contributed by atoms with van der Waals surface area (Å²) in [5.41, 5.74) is 9.93. The Balaban J connectivity index is 1.77. The first-order valence-electron chi connectivity index (χ1n) is 7.10. The Hall–Kier alpha value is -2.00. The van der Waals surface area contributed by atoms with Crippen LogP contribution in [0.15, 0.2) is 53.5 Å². The maximum Gasteiger partial charge on any atom is 0.196 e. The van der Waals surface area contributed by atoms with Crippen molar-refractivity contribution >= 4 is 23.2 Å². The highest BCUT2D eigenvalue weighted by Gasteiger charge is 2.47. The minimum absolute atomic E-state index is 0.0710. The van der Waals surface area contributed by atoms with Crippen molar-refractivity contribution in [2.45, 2.75) is 18.4 Å². The Morgan fingerprint density at radius 3 is 2.43 bits per heavy atom. The molecule has 0 unspecified atom stereocenters. The molecule has 0 amide bonds. The molecule has 0 saturated heterocycles. The van der Waals surface area contributed by atoms with E-state index in [1.54, 1.807) is 0 Å². The van der Waals surface area contributed by atoms with Gasteiger partial charge in [0.15, 0.2) is 5.96 Å². The van der Waals surface area contributed by atoms with Crippen molar-refractivity contribution in [2.75, 3.05) is 11.4 Å². The first kappa shape index (κ1) is 12.7. The van der Waals surface area contributed by atoms with Crippen LogP contribution in [0, 0.1) is 0 Å². The van der Waals surface area contributed by atoms with Crippen molar-refractivity contribution in [1.82, 2.24) is 0 Å². The Morgan fingerprint density at radius 2 is 1.76 bits per heavy atom. The van der Waals surface area contributed by atoms with E-state index in [2.05, 4.69) is 34.2 Å². The molecule has 4 rings (SSSR count). The van der Waals surface area contributed by atoms with E-state index in [1.807, 2.05) is 24.3 Å². The number of halogens is 1. The zero-order chi connectivity index (χ0) is 14.4. The van der Waals surface area contributed by atoms with Gasteiger partial charge in [-0.1, -0.05) is 41.9 Å². The smallest absolute Gasteiger partial charge is 0.196 e. The lowest BCUT2D eigenvalue weighted by atomic mass is 9.94. The van der Waals surface area contributed by atoms with Gasteiger partial charge < -0.3 is 10.6 Å². The third-order valence-electron chi connectivity index (χ3n) is 4.46. The van der Waals surface area contributed by atoms with Gasteiger partial charge in [-0.3, -0.25) is 4.99 Å². The summed E-state index contributed by atoms with van der Waals surface area (Å²) in [6, 6.07) is 16.4. The average Bonchev–Trinajstić information content (AvgIpc) is 2.99. The van der Waals surface area contributed by atoms with Crippen LogP contribution in [-0.4, -0.2) is 18.0 Å². The van der Waals surface area contributed by atoms with Crippen molar-refractivity contribution in [3.05, 3.63) is 64.7 Å². The molecule has 2 aromatic carbocycles. The molecule has 4 heteroatoms. The van der Waals surface area contributed by atoms with E-state index in [0.29, 0.717) is 5.96 Å². The molecular weight excluding hydrogens is 282 g/mol. The van der Waals surface area contributed by atoms with Gasteiger partial charge in [-0.2, -0.15) is 0 Å². The third kappa shape index (κ3) is 1.92. The van der Waals surface area contributed by atoms with E-state index in [-0.39, 0.29) is 5.54 Å². The van der Waals surface area contributed by atoms with Crippen molar-refractivity contribution in [3.63, 3.8) is 0 Å². The van der Waals surface area contributed by atoms with Crippen molar-refractivity contribution in [1.29, 1.82) is 0 Å². The summed E-state index contributed by atoms with van der Waals surface area (Å²) >= 11 is 6.15. The second kappa shape index (κ2) is 4.50. The molecule has 0 bridgehead atoms. The summed E-state index contributed by atoms with van der Waals surface area (Å²) in [5.74, 6) is 0.588. The maximum absolute atomic E-state index is 6.18. The standard InChI is InChI=1S/C17H16ClN3/c18-14-6-3-7-15(8-14)21-16(19)20-11-17(21)9-12-4-1-2-5-13(12)10-17/h1-8H,9-11H2,(H2,19,20). The number of fused-ring (bicyclic) bond motifs is 1. The molecule has 1 heterocycles. The minimum Gasteiger partial charge on any atom is -0.369 e. The second-order valence-electron chi connectivity index (χ2n) is 5.84. The normalized spacial score (nSPS) is 18.9. The Morgan fingerprint density at radius 1 is 1.05 bits per heavy atom. The van der Waals surface area contributed by atoms with Crippen LogP contribution in [0.25, 0.3) is 0 Å². The summed E-state index contributed by atoms with van der Waals surface area (Å²) < 4.78 is 0. The zero-order valence-electron chi connectivity index (χ0n) is 11.6. The molecule has 3 nitrogen and oxygen atoms in total. The molecule has 2 aliphatic rings. The molecule has 0 aromatic heterocycles. The summed E-state index contributed by atoms with van der Waals surface area (Å²) in [6.45, 7) is 0.736. The van der Waals surface area contributed by atoms with E-state index in [0.717, 1.165) is 30.1 Å². The summed E-state index contributed by atoms with van der Waals surface area (Å²) in [4.78, 5) is 6.68. The SMILES string of the molecule is NC1=NCC2(Cc3ccccc3C2)N1c1cccc(Cl)c1. The van der Waals surface area contributed by atoms with Gasteiger partial charge in [0, 0.05) is 10.7 Å². The molecule has 21 heavy (non-hydrogen) atoms. The quantitative estimate of drug-likeness (QED) is 0.879. The van der Waals surface area contributed by atoms with Gasteiger partial charge in [0.05, 0.1) is 12.1 Å². The minimum atomic E-state index is -0.0710. The topological polar surface area (TPSA) is 41.6 Å². The Labute approximate surface area is 129 Å². The number of anilines is 1. The lowest BCUT2D eigenvalue weighted by Crippen LogP contribution is -2.52. The molecular formula is C17H16ClN3. The number of rotatable bonds is 1. The fourth-order valence-corrected chi connectivity index (χ4v) is 3.76. The van der Waals surface area contributed by atoms with Gasteiger partial charge in [0.1, 0.15) is 0 Å². The number of nitrogens with zero attached hydrogens (tertiary/aromatic N) is 2. The van der Waals surface area contributed by atoms with Crippen LogP contribution in [0.1, 0.15) is 11.1 Å². The van der Waals surface area contributed by atoms with Gasteiger partial charge in [0.2, 0.25) is 0 Å². The first-order chi connectivity index (χ1) is 10.2. The molecule has 0 fully saturated rings. The van der Waals surface area contributed by atoms with Crippen LogP contribution < -0.4 is 10.6 Å². The number of hydrogen-bond donors (Lipinski definition) is 1. The van der Waals surface area contributed by atoms with Gasteiger partial charge >= 0.3 is 0 Å². The van der Waals surface area contributed by atoms with Crippen LogP contribution in [-0.2, 0) is 12.8 Å². The number of aliphatic imine (C=N–C) groups is 1. The molecule has 1 spiro atoms. The van der Waals surface area contributed by atoms with Crippen LogP contribution in [0.2, 0.25) is 5.02 Å². The van der Waals surface area contributed by atoms with Crippen LogP contribution in [0.5, 0.6) is 0 Å². The van der Waals surface area contributed by atoms with Gasteiger partial charge in [0.25, 0.3) is 0 Å². The highest BCUT2D eigenvalue weighted by atomic mass is 35.5. The van der Waals surface area contributed by atoms with E-state index in [9.17, 15) is 0 Å². The molecule has 2 N–H and O–H groups in total. The highest BCUT2D eigenvalue weighted by molar-refractivity contribution is 6.31. The zero-order valence-corrected chi connectivity index (χ0v) is 12.3. The van der Waals surface area contributed by atoms with Crippen LogP contribution in [0.3, 0.4) is 0 Å². The van der Waals surface area contributed by atoms with Crippen molar-refractivity contribution < 1.29 is 0 Å². The fraction of sp³-hybridized carbons (Fsp3) is 0.235. The number of benzene rings is 2. The van der Waals surface area contributed by atoms with Crippen molar-refractivity contribution in [2.24, 2.45) is 10.7 Å². The molecule has 1 aliphatic heterocycles. The van der Waals surface area contributed by atoms with Crippen LogP contribution in [0.4, 0.5) is 5.69 Å². The predicted molar refractivity (Wildman–Crippen MR) is 87.0 cm³/mol. The number of nitrogens with two attached hydrogens (primary N) is 1. The lowest BCUT2D eigenvalue weighted by Gasteiger charge is -2.36. The summed E-state index contributed by atoms with van der Waals surface area (Å²) in [7, 11) is 0. The lowest BCUT2D eigenvalue weighted by molar-refractivity contribution is 0.483. The monoisotopic (exact) mass is 297 g/mol. The van der Waals surface area contributed by atoms with Gasteiger partial charge in [-0.15, -0.1) is 0 Å². The van der Waals surface area contributed by atoms with Gasteiger partial charge in [-0.25, -0.2) is 0 Å². The number of guanidine groups is 1. The second-order valence-corrected chi connectivity index (χ2v) is 6.27. The third-order valence-corrected chi connectivity index (χ3v) is 4.70. The van der Waals surface area contributed by atoms with E-state index < -0.39 is 0 Å². The molecule has 0 radical (unpaired) electrons. The van der Waals surface area contributed by atoms with E-state index in [1.165, 1.54) is 11.1 Å². The molecule has 0 atom stereocenters. The molecule has 106 valence electrons. The van der Waals surface area contributed by atoms with Gasteiger partial charge in [-0.05, 0) is 42.2 Å². The molecule has 2 aromatic rings. The average molecular weight is 298 g/mol. The largest absolute Gasteiger partial charge is 0.369 e. The van der Waals surface area contributed by atoms with E-state index >= 15 is 0 Å². The van der Waals surface area contributed by atoms with Crippen LogP contribution >= 0.6 is 11.6 Å².